The largest absolute Gasteiger partial charge is 0.497 e. The lowest BCUT2D eigenvalue weighted by Gasteiger charge is -2.14. The van der Waals surface area contributed by atoms with Crippen LogP contribution in [0.3, 0.4) is 0 Å². The number of hydrogen-bond donors (Lipinski definition) is 0. The first-order valence-corrected chi connectivity index (χ1v) is 10.1. The molecule has 33 heavy (non-hydrogen) atoms. The minimum atomic E-state index is -0.677. The Morgan fingerprint density at radius 3 is 2.18 bits per heavy atom. The van der Waals surface area contributed by atoms with E-state index in [1.807, 2.05) is 0 Å². The van der Waals surface area contributed by atoms with Crippen LogP contribution in [0.1, 0.15) is 45.7 Å². The van der Waals surface area contributed by atoms with Crippen LogP contribution in [0.15, 0.2) is 48.5 Å². The van der Waals surface area contributed by atoms with Crippen LogP contribution in [0, 0.1) is 22.0 Å². The fraction of sp³-hybridized carbons (Fsp3) is 0.200. The zero-order valence-corrected chi connectivity index (χ0v) is 18.3. The first kappa shape index (κ1) is 23.3. The highest BCUT2D eigenvalue weighted by atomic mass is 16.6. The van der Waals surface area contributed by atoms with E-state index in [-0.39, 0.29) is 30.0 Å². The zero-order valence-electron chi connectivity index (χ0n) is 18.3. The summed E-state index contributed by atoms with van der Waals surface area (Å²) in [4.78, 5) is 35.9. The summed E-state index contributed by atoms with van der Waals surface area (Å²) in [6.45, 7) is 3.60. The summed E-state index contributed by atoms with van der Waals surface area (Å²) in [6.07, 6.45) is 0. The predicted octanol–water partition coefficient (Wildman–Crippen LogP) is 4.51. The third-order valence-corrected chi connectivity index (χ3v) is 4.74. The Labute approximate surface area is 190 Å². The van der Waals surface area contributed by atoms with Crippen LogP contribution in [0.4, 0.5) is 5.69 Å². The fourth-order valence-electron chi connectivity index (χ4n) is 3.23. The molecule has 0 fully saturated rings. The number of carbonyl (C=O) groups is 2. The summed E-state index contributed by atoms with van der Waals surface area (Å²) in [5.41, 5.74) is 1.09. The molecule has 0 aliphatic rings. The van der Waals surface area contributed by atoms with Gasteiger partial charge in [0.1, 0.15) is 5.75 Å². The summed E-state index contributed by atoms with van der Waals surface area (Å²) in [6, 6.07) is 12.4. The average molecular weight is 447 g/mol. The summed E-state index contributed by atoms with van der Waals surface area (Å²) in [5.74, 6) is 5.11. The molecule has 168 valence electrons. The summed E-state index contributed by atoms with van der Waals surface area (Å²) >= 11 is 0. The van der Waals surface area contributed by atoms with Gasteiger partial charge in [0.05, 0.1) is 36.4 Å². The number of fused-ring (bicyclic) bond motifs is 1. The van der Waals surface area contributed by atoms with Gasteiger partial charge >= 0.3 is 11.9 Å². The molecule has 0 saturated carbocycles. The van der Waals surface area contributed by atoms with E-state index in [0.717, 1.165) is 0 Å². The Morgan fingerprint density at radius 1 is 0.909 bits per heavy atom. The second-order valence-corrected chi connectivity index (χ2v) is 6.75. The van der Waals surface area contributed by atoms with Gasteiger partial charge in [0.25, 0.3) is 5.69 Å². The van der Waals surface area contributed by atoms with E-state index in [2.05, 4.69) is 11.8 Å². The van der Waals surface area contributed by atoms with Gasteiger partial charge in [-0.05, 0) is 55.6 Å². The Kier molecular flexibility index (Phi) is 7.26. The maximum Gasteiger partial charge on any atom is 0.339 e. The van der Waals surface area contributed by atoms with Crippen molar-refractivity contribution in [1.82, 2.24) is 0 Å². The number of nitro groups is 1. The van der Waals surface area contributed by atoms with Crippen LogP contribution in [0.5, 0.6) is 5.75 Å². The van der Waals surface area contributed by atoms with Crippen LogP contribution in [0.25, 0.3) is 10.8 Å². The van der Waals surface area contributed by atoms with Crippen LogP contribution < -0.4 is 4.74 Å². The van der Waals surface area contributed by atoms with Crippen molar-refractivity contribution in [2.24, 2.45) is 0 Å². The van der Waals surface area contributed by atoms with Gasteiger partial charge in [-0.1, -0.05) is 11.8 Å². The van der Waals surface area contributed by atoms with Crippen molar-refractivity contribution in [3.8, 4) is 17.6 Å². The fourth-order valence-corrected chi connectivity index (χ4v) is 3.23. The molecule has 0 heterocycles. The van der Waals surface area contributed by atoms with E-state index < -0.39 is 16.9 Å². The monoisotopic (exact) mass is 447 g/mol. The highest BCUT2D eigenvalue weighted by Gasteiger charge is 2.24. The lowest BCUT2D eigenvalue weighted by Crippen LogP contribution is -2.15. The molecule has 0 radical (unpaired) electrons. The van der Waals surface area contributed by atoms with Crippen molar-refractivity contribution in [2.45, 2.75) is 13.8 Å². The van der Waals surface area contributed by atoms with Crippen molar-refractivity contribution in [3.63, 3.8) is 0 Å². The van der Waals surface area contributed by atoms with E-state index in [4.69, 9.17) is 14.2 Å². The minimum Gasteiger partial charge on any atom is -0.497 e. The zero-order chi connectivity index (χ0) is 24.0. The van der Waals surface area contributed by atoms with Crippen molar-refractivity contribution in [1.29, 1.82) is 0 Å². The number of nitrogens with zero attached hydrogens (tertiary/aromatic N) is 1. The topological polar surface area (TPSA) is 105 Å². The van der Waals surface area contributed by atoms with Crippen molar-refractivity contribution >= 4 is 28.4 Å². The van der Waals surface area contributed by atoms with Gasteiger partial charge in [-0.25, -0.2) is 9.59 Å². The van der Waals surface area contributed by atoms with E-state index >= 15 is 0 Å². The molecule has 0 spiro atoms. The second-order valence-electron chi connectivity index (χ2n) is 6.75. The molecule has 0 saturated heterocycles. The molecule has 3 rings (SSSR count). The Bertz CT molecular complexity index is 1280. The summed E-state index contributed by atoms with van der Waals surface area (Å²) in [5, 5.41) is 11.9. The Morgan fingerprint density at radius 2 is 1.58 bits per heavy atom. The van der Waals surface area contributed by atoms with E-state index in [0.29, 0.717) is 27.6 Å². The maximum absolute atomic E-state index is 12.8. The molecule has 0 N–H and O–H groups in total. The number of carbonyl (C=O) groups excluding carboxylic acids is 2. The second kappa shape index (κ2) is 10.3. The van der Waals surface area contributed by atoms with E-state index in [9.17, 15) is 19.7 Å². The van der Waals surface area contributed by atoms with Crippen molar-refractivity contribution < 1.29 is 28.7 Å². The third-order valence-electron chi connectivity index (χ3n) is 4.74. The van der Waals surface area contributed by atoms with Gasteiger partial charge in [0.15, 0.2) is 0 Å². The molecule has 0 aliphatic heterocycles. The first-order chi connectivity index (χ1) is 15.9. The van der Waals surface area contributed by atoms with Crippen LogP contribution in [0.2, 0.25) is 0 Å². The quantitative estimate of drug-likeness (QED) is 0.237. The molecule has 0 bridgehead atoms. The molecule has 3 aromatic carbocycles. The number of nitro benzene ring substituents is 1. The average Bonchev–Trinajstić information content (AvgIpc) is 2.82. The molecule has 0 aromatic heterocycles. The van der Waals surface area contributed by atoms with Crippen LogP contribution in [-0.4, -0.2) is 37.2 Å². The number of ether oxygens (including phenoxy) is 3. The number of non-ortho nitro benzene ring substituents is 1. The Balaban J connectivity index is 2.25. The molecule has 8 heteroatoms. The van der Waals surface area contributed by atoms with Gasteiger partial charge in [-0.3, -0.25) is 10.1 Å². The highest BCUT2D eigenvalue weighted by Crippen LogP contribution is 2.31. The van der Waals surface area contributed by atoms with Gasteiger partial charge in [-0.2, -0.15) is 0 Å². The maximum atomic E-state index is 12.8. The number of methoxy groups -OCH3 is 1. The van der Waals surface area contributed by atoms with Crippen LogP contribution in [-0.2, 0) is 9.47 Å². The molecule has 3 aromatic rings. The first-order valence-electron chi connectivity index (χ1n) is 10.1. The summed E-state index contributed by atoms with van der Waals surface area (Å²) in [7, 11) is 1.50. The van der Waals surface area contributed by atoms with E-state index in [1.54, 1.807) is 32.0 Å². The Hall–Kier alpha value is -4.38. The molecule has 0 aliphatic carbocycles. The molecular formula is C25H21NO7. The SMILES string of the molecule is CCOC(=O)c1cc(C#Cc2ccc([N+](=O)[O-])cc2)c2ccc(OC)cc2c1C(=O)OCC. The highest BCUT2D eigenvalue weighted by molar-refractivity contribution is 6.14. The molecular weight excluding hydrogens is 426 g/mol. The normalized spacial score (nSPS) is 10.2. The number of benzene rings is 3. The van der Waals surface area contributed by atoms with Gasteiger partial charge in [0.2, 0.25) is 0 Å². The third kappa shape index (κ3) is 5.10. The lowest BCUT2D eigenvalue weighted by atomic mass is 9.94. The van der Waals surface area contributed by atoms with Crippen molar-refractivity contribution in [3.05, 3.63) is 80.9 Å². The van der Waals surface area contributed by atoms with Gasteiger partial charge < -0.3 is 14.2 Å². The lowest BCUT2D eigenvalue weighted by molar-refractivity contribution is -0.384. The van der Waals surface area contributed by atoms with Crippen LogP contribution >= 0.6 is 0 Å². The number of rotatable bonds is 6. The van der Waals surface area contributed by atoms with Gasteiger partial charge in [-0.15, -0.1) is 0 Å². The smallest absolute Gasteiger partial charge is 0.339 e. The van der Waals surface area contributed by atoms with Gasteiger partial charge in [0, 0.05) is 28.6 Å². The molecule has 0 unspecified atom stereocenters. The number of hydrogen-bond acceptors (Lipinski definition) is 7. The number of esters is 2. The molecule has 0 amide bonds. The summed E-state index contributed by atoms with van der Waals surface area (Å²) < 4.78 is 15.7. The van der Waals surface area contributed by atoms with Crippen molar-refractivity contribution in [2.75, 3.05) is 20.3 Å². The molecule has 0 atom stereocenters. The predicted molar refractivity (Wildman–Crippen MR) is 121 cm³/mol. The molecule has 8 nitrogen and oxygen atoms in total. The van der Waals surface area contributed by atoms with E-state index in [1.165, 1.54) is 37.4 Å². The minimum absolute atomic E-state index is 0.0315. The standard InChI is InChI=1S/C25H21NO7/c1-4-32-24(27)22-14-17(9-6-16-7-10-18(11-8-16)26(29)30)20-13-12-19(31-3)15-21(20)23(22)25(28)33-5-2/h7-8,10-15H,4-5H2,1-3H3.